The smallest absolute Gasteiger partial charge is 0.354 e. The van der Waals surface area contributed by atoms with Crippen LogP contribution >= 0.6 is 11.6 Å². The van der Waals surface area contributed by atoms with E-state index in [4.69, 9.17) is 16.3 Å². The summed E-state index contributed by atoms with van der Waals surface area (Å²) in [6.07, 6.45) is 0. The average molecular weight is 259 g/mol. The van der Waals surface area contributed by atoms with Gasteiger partial charge in [0.25, 0.3) is 0 Å². The summed E-state index contributed by atoms with van der Waals surface area (Å²) < 4.78 is 17.6. The minimum atomic E-state index is -0.511. The number of nitrogens with zero attached hydrogens (tertiary/aromatic N) is 1. The van der Waals surface area contributed by atoms with Gasteiger partial charge >= 0.3 is 5.97 Å². The highest BCUT2D eigenvalue weighted by atomic mass is 35.5. The molecule has 0 aromatic heterocycles. The largest absolute Gasteiger partial charge is 0.461 e. The zero-order chi connectivity index (χ0) is 12.8. The number of hydrazone groups is 1. The second kappa shape index (κ2) is 6.20. The molecule has 1 aromatic rings. The summed E-state index contributed by atoms with van der Waals surface area (Å²) in [6, 6.07) is 4.04. The molecule has 0 aliphatic rings. The van der Waals surface area contributed by atoms with Gasteiger partial charge in [-0.1, -0.05) is 11.6 Å². The van der Waals surface area contributed by atoms with Crippen molar-refractivity contribution in [2.24, 2.45) is 5.10 Å². The fraction of sp³-hybridized carbons (Fsp3) is 0.273. The predicted molar refractivity (Wildman–Crippen MR) is 64.8 cm³/mol. The van der Waals surface area contributed by atoms with Crippen molar-refractivity contribution in [2.75, 3.05) is 12.0 Å². The van der Waals surface area contributed by atoms with Crippen molar-refractivity contribution in [3.05, 3.63) is 29.0 Å². The standard InChI is InChI=1S/C11H12ClFN2O2/c1-3-17-11(16)7(2)14-15-8-4-5-10(13)9(12)6-8/h4-6,15H,3H2,1-2H3/b14-7-. The van der Waals surface area contributed by atoms with Gasteiger partial charge in [-0.05, 0) is 32.0 Å². The van der Waals surface area contributed by atoms with E-state index in [1.165, 1.54) is 25.1 Å². The van der Waals surface area contributed by atoms with Crippen molar-refractivity contribution < 1.29 is 13.9 Å². The lowest BCUT2D eigenvalue weighted by Crippen LogP contribution is -2.15. The summed E-state index contributed by atoms with van der Waals surface area (Å²) in [5.74, 6) is -1.02. The summed E-state index contributed by atoms with van der Waals surface area (Å²) >= 11 is 5.59. The molecule has 4 nitrogen and oxygen atoms in total. The lowest BCUT2D eigenvalue weighted by atomic mass is 10.3. The maximum Gasteiger partial charge on any atom is 0.354 e. The lowest BCUT2D eigenvalue weighted by molar-refractivity contribution is -0.135. The summed E-state index contributed by atoms with van der Waals surface area (Å²) in [5.41, 5.74) is 3.25. The molecule has 0 saturated heterocycles. The Balaban J connectivity index is 2.69. The van der Waals surface area contributed by atoms with Crippen LogP contribution in [0.2, 0.25) is 5.02 Å². The van der Waals surface area contributed by atoms with Gasteiger partial charge in [-0.2, -0.15) is 5.10 Å². The molecule has 0 amide bonds. The molecule has 0 bridgehead atoms. The van der Waals surface area contributed by atoms with Crippen LogP contribution in [0.4, 0.5) is 10.1 Å². The third-order valence-corrected chi connectivity index (χ3v) is 2.13. The van der Waals surface area contributed by atoms with Gasteiger partial charge in [0, 0.05) is 0 Å². The van der Waals surface area contributed by atoms with Crippen LogP contribution in [-0.2, 0) is 9.53 Å². The molecular formula is C11H12ClFN2O2. The van der Waals surface area contributed by atoms with E-state index in [0.29, 0.717) is 5.69 Å². The molecular weight excluding hydrogens is 247 g/mol. The predicted octanol–water partition coefficient (Wildman–Crippen LogP) is 2.83. The number of rotatable bonds is 4. The second-order valence-corrected chi connectivity index (χ2v) is 3.57. The molecule has 17 heavy (non-hydrogen) atoms. The Hall–Kier alpha value is -1.62. The number of halogens is 2. The van der Waals surface area contributed by atoms with E-state index in [1.54, 1.807) is 6.92 Å². The number of carbonyl (C=O) groups is 1. The van der Waals surface area contributed by atoms with Crippen LogP contribution in [0.25, 0.3) is 0 Å². The normalized spacial score (nSPS) is 11.2. The molecule has 0 aliphatic carbocycles. The SMILES string of the molecule is CCOC(=O)/C(C)=N\Nc1ccc(F)c(Cl)c1. The number of hydrogen-bond acceptors (Lipinski definition) is 4. The molecule has 0 saturated carbocycles. The molecule has 0 radical (unpaired) electrons. The number of benzene rings is 1. The highest BCUT2D eigenvalue weighted by Gasteiger charge is 2.06. The first-order valence-electron chi connectivity index (χ1n) is 4.97. The summed E-state index contributed by atoms with van der Waals surface area (Å²) in [5, 5.41) is 3.78. The van der Waals surface area contributed by atoms with E-state index in [0.717, 1.165) is 0 Å². The third-order valence-electron chi connectivity index (χ3n) is 1.84. The average Bonchev–Trinajstić information content (AvgIpc) is 2.30. The Morgan fingerprint density at radius 1 is 1.59 bits per heavy atom. The molecule has 1 N–H and O–H groups in total. The first kappa shape index (κ1) is 13.4. The van der Waals surface area contributed by atoms with Crippen LogP contribution in [0.5, 0.6) is 0 Å². The topological polar surface area (TPSA) is 50.7 Å². The van der Waals surface area contributed by atoms with Gasteiger partial charge in [-0.15, -0.1) is 0 Å². The number of anilines is 1. The van der Waals surface area contributed by atoms with Crippen LogP contribution in [0.1, 0.15) is 13.8 Å². The Morgan fingerprint density at radius 3 is 2.88 bits per heavy atom. The number of nitrogens with one attached hydrogen (secondary N) is 1. The van der Waals surface area contributed by atoms with Crippen LogP contribution in [0.15, 0.2) is 23.3 Å². The highest BCUT2D eigenvalue weighted by molar-refractivity contribution is 6.35. The van der Waals surface area contributed by atoms with Crippen LogP contribution < -0.4 is 5.43 Å². The molecule has 0 fully saturated rings. The van der Waals surface area contributed by atoms with Crippen molar-refractivity contribution in [1.29, 1.82) is 0 Å². The van der Waals surface area contributed by atoms with Crippen molar-refractivity contribution in [2.45, 2.75) is 13.8 Å². The van der Waals surface area contributed by atoms with Gasteiger partial charge in [0.1, 0.15) is 11.5 Å². The van der Waals surface area contributed by atoms with Gasteiger partial charge < -0.3 is 4.74 Å². The summed E-state index contributed by atoms with van der Waals surface area (Å²) in [4.78, 5) is 11.2. The fourth-order valence-corrected chi connectivity index (χ4v) is 1.18. The van der Waals surface area contributed by atoms with E-state index >= 15 is 0 Å². The third kappa shape index (κ3) is 4.03. The summed E-state index contributed by atoms with van der Waals surface area (Å²) in [7, 11) is 0. The highest BCUT2D eigenvalue weighted by Crippen LogP contribution is 2.19. The van der Waals surface area contributed by atoms with Crippen molar-refractivity contribution in [3.63, 3.8) is 0 Å². The number of ether oxygens (including phenoxy) is 1. The molecule has 0 spiro atoms. The molecule has 6 heteroatoms. The van der Waals surface area contributed by atoms with E-state index in [2.05, 4.69) is 10.5 Å². The lowest BCUT2D eigenvalue weighted by Gasteiger charge is -2.04. The van der Waals surface area contributed by atoms with Gasteiger partial charge in [0.15, 0.2) is 0 Å². The molecule has 1 rings (SSSR count). The minimum Gasteiger partial charge on any atom is -0.461 e. The number of carbonyl (C=O) groups excluding carboxylic acids is 1. The first-order valence-corrected chi connectivity index (χ1v) is 5.35. The first-order chi connectivity index (χ1) is 8.04. The monoisotopic (exact) mass is 258 g/mol. The maximum absolute atomic E-state index is 12.9. The van der Waals surface area contributed by atoms with Gasteiger partial charge in [-0.3, -0.25) is 5.43 Å². The number of esters is 1. The van der Waals surface area contributed by atoms with Crippen molar-refractivity contribution >= 4 is 29.0 Å². The fourth-order valence-electron chi connectivity index (χ4n) is 0.995. The Labute approximate surface area is 103 Å². The molecule has 1 aromatic carbocycles. The van der Waals surface area contributed by atoms with E-state index < -0.39 is 11.8 Å². The van der Waals surface area contributed by atoms with Crippen LogP contribution in [-0.4, -0.2) is 18.3 Å². The molecule has 0 unspecified atom stereocenters. The van der Waals surface area contributed by atoms with Crippen molar-refractivity contribution in [3.8, 4) is 0 Å². The summed E-state index contributed by atoms with van der Waals surface area (Å²) in [6.45, 7) is 3.50. The second-order valence-electron chi connectivity index (χ2n) is 3.16. The molecule has 0 aliphatic heterocycles. The van der Waals surface area contributed by atoms with Gasteiger partial charge in [0.2, 0.25) is 0 Å². The molecule has 92 valence electrons. The maximum atomic E-state index is 12.9. The Bertz CT molecular complexity index is 449. The van der Waals surface area contributed by atoms with Crippen molar-refractivity contribution in [1.82, 2.24) is 0 Å². The molecule has 0 atom stereocenters. The van der Waals surface area contributed by atoms with Crippen LogP contribution in [0.3, 0.4) is 0 Å². The quantitative estimate of drug-likeness (QED) is 0.513. The Kier molecular flexibility index (Phi) is 4.90. The van der Waals surface area contributed by atoms with E-state index in [9.17, 15) is 9.18 Å². The Morgan fingerprint density at radius 2 is 2.29 bits per heavy atom. The minimum absolute atomic E-state index is 0.0148. The zero-order valence-corrected chi connectivity index (χ0v) is 10.2. The van der Waals surface area contributed by atoms with Gasteiger partial charge in [0.05, 0.1) is 17.3 Å². The van der Waals surface area contributed by atoms with Gasteiger partial charge in [-0.25, -0.2) is 9.18 Å². The zero-order valence-electron chi connectivity index (χ0n) is 9.46. The van der Waals surface area contributed by atoms with E-state index in [1.807, 2.05) is 0 Å². The van der Waals surface area contributed by atoms with E-state index in [-0.39, 0.29) is 17.3 Å². The van der Waals surface area contributed by atoms with Crippen LogP contribution in [0, 0.1) is 5.82 Å². The number of hydrogen-bond donors (Lipinski definition) is 1. The molecule has 0 heterocycles.